The van der Waals surface area contributed by atoms with Gasteiger partial charge in [-0.1, -0.05) is 26.8 Å². The molecule has 25 heavy (non-hydrogen) atoms. The quantitative estimate of drug-likeness (QED) is 0.838. The molecule has 1 atom stereocenters. The number of carboxylic acids is 1. The molecule has 0 spiro atoms. The molecule has 1 aromatic rings. The van der Waals surface area contributed by atoms with Crippen LogP contribution in [0, 0.1) is 0 Å². The summed E-state index contributed by atoms with van der Waals surface area (Å²) in [6, 6.07) is 2.76. The van der Waals surface area contributed by atoms with Gasteiger partial charge in [-0.25, -0.2) is 9.78 Å². The van der Waals surface area contributed by atoms with Gasteiger partial charge in [-0.05, 0) is 31.7 Å². The highest BCUT2D eigenvalue weighted by atomic mass is 19.4. The van der Waals surface area contributed by atoms with Crippen LogP contribution in [-0.2, 0) is 0 Å². The molecule has 0 aliphatic heterocycles. The maximum absolute atomic E-state index is 12.5. The summed E-state index contributed by atoms with van der Waals surface area (Å²) in [6.45, 7) is 7.10. The third kappa shape index (κ3) is 7.29. The first-order valence-electron chi connectivity index (χ1n) is 7.93. The van der Waals surface area contributed by atoms with Gasteiger partial charge in [-0.3, -0.25) is 0 Å². The van der Waals surface area contributed by atoms with E-state index >= 15 is 0 Å². The molecular formula is C17H24F3N2O3-. The lowest BCUT2D eigenvalue weighted by Crippen LogP contribution is -2.32. The first-order valence-corrected chi connectivity index (χ1v) is 7.93. The van der Waals surface area contributed by atoms with Gasteiger partial charge in [-0.15, -0.1) is 5.54 Å². The van der Waals surface area contributed by atoms with E-state index in [0.29, 0.717) is 5.56 Å². The standard InChI is InChI=1S/C12H12F3NO3.C5H12N/c1-6(12(13,14)15)19-10-8(7-2-3-7)4-5-9(16-10)11(17)18;1-5(2,3)6-4/h4-7H,2-3H2,1H3,(H,17,18);1-4H3/q;-1. The van der Waals surface area contributed by atoms with Gasteiger partial charge in [-0.2, -0.15) is 20.2 Å². The number of hydrogen-bond acceptors (Lipinski definition) is 3. The number of halogens is 3. The molecule has 2 rings (SSSR count). The Hall–Kier alpha value is -1.83. The number of rotatable bonds is 4. The van der Waals surface area contributed by atoms with Crippen LogP contribution in [0.4, 0.5) is 13.2 Å². The summed E-state index contributed by atoms with van der Waals surface area (Å²) in [5.41, 5.74) is 0.384. The Labute approximate surface area is 145 Å². The van der Waals surface area contributed by atoms with E-state index in [2.05, 4.69) is 31.1 Å². The zero-order valence-electron chi connectivity index (χ0n) is 15.0. The van der Waals surface area contributed by atoms with Crippen molar-refractivity contribution in [3.8, 4) is 5.88 Å². The number of aromatic nitrogens is 1. The maximum Gasteiger partial charge on any atom is 0.425 e. The number of pyridine rings is 1. The van der Waals surface area contributed by atoms with E-state index in [1.54, 1.807) is 0 Å². The molecule has 1 fully saturated rings. The average Bonchev–Trinajstić information content (AvgIpc) is 3.30. The van der Waals surface area contributed by atoms with Crippen molar-refractivity contribution < 1.29 is 27.8 Å². The fourth-order valence-corrected chi connectivity index (χ4v) is 1.60. The Morgan fingerprint density at radius 1 is 1.32 bits per heavy atom. The molecule has 1 N–H and O–H groups in total. The van der Waals surface area contributed by atoms with Gasteiger partial charge in [0.1, 0.15) is 0 Å². The van der Waals surface area contributed by atoms with Crippen LogP contribution in [0.1, 0.15) is 62.5 Å². The lowest BCUT2D eigenvalue weighted by Gasteiger charge is -2.31. The third-order valence-corrected chi connectivity index (χ3v) is 3.55. The molecule has 0 saturated heterocycles. The summed E-state index contributed by atoms with van der Waals surface area (Å²) in [5.74, 6) is -1.41. The van der Waals surface area contributed by atoms with Gasteiger partial charge >= 0.3 is 12.1 Å². The molecule has 1 saturated carbocycles. The van der Waals surface area contributed by atoms with Crippen LogP contribution >= 0.6 is 0 Å². The van der Waals surface area contributed by atoms with Crippen molar-refractivity contribution >= 4 is 5.97 Å². The van der Waals surface area contributed by atoms with Crippen LogP contribution in [0.25, 0.3) is 5.32 Å². The second kappa shape index (κ2) is 8.03. The summed E-state index contributed by atoms with van der Waals surface area (Å²) in [4.78, 5) is 14.5. The van der Waals surface area contributed by atoms with Gasteiger partial charge < -0.3 is 15.2 Å². The van der Waals surface area contributed by atoms with Crippen molar-refractivity contribution in [2.75, 3.05) is 7.05 Å². The predicted octanol–water partition coefficient (Wildman–Crippen LogP) is 4.78. The van der Waals surface area contributed by atoms with Crippen molar-refractivity contribution in [1.29, 1.82) is 0 Å². The molecule has 0 bridgehead atoms. The Morgan fingerprint density at radius 2 is 1.84 bits per heavy atom. The van der Waals surface area contributed by atoms with Crippen LogP contribution in [0.3, 0.4) is 0 Å². The second-order valence-electron chi connectivity index (χ2n) is 6.87. The average molecular weight is 361 g/mol. The van der Waals surface area contributed by atoms with E-state index in [1.807, 2.05) is 7.05 Å². The van der Waals surface area contributed by atoms with Crippen LogP contribution < -0.4 is 4.74 Å². The number of ether oxygens (including phenoxy) is 1. The van der Waals surface area contributed by atoms with Gasteiger partial charge in [0, 0.05) is 5.56 Å². The predicted molar refractivity (Wildman–Crippen MR) is 88.4 cm³/mol. The van der Waals surface area contributed by atoms with Crippen molar-refractivity contribution in [2.24, 2.45) is 0 Å². The molecule has 8 heteroatoms. The Morgan fingerprint density at radius 3 is 2.20 bits per heavy atom. The Kier molecular flexibility index (Phi) is 6.82. The monoisotopic (exact) mass is 361 g/mol. The van der Waals surface area contributed by atoms with Crippen LogP contribution in [-0.4, -0.2) is 40.9 Å². The lowest BCUT2D eigenvalue weighted by atomic mass is 10.1. The molecule has 5 nitrogen and oxygen atoms in total. The zero-order valence-corrected chi connectivity index (χ0v) is 15.0. The highest BCUT2D eigenvalue weighted by Gasteiger charge is 2.39. The van der Waals surface area contributed by atoms with Crippen molar-refractivity contribution in [2.45, 2.75) is 64.3 Å². The Bertz CT molecular complexity index is 594. The summed E-state index contributed by atoms with van der Waals surface area (Å²) in [5, 5.41) is 12.8. The summed E-state index contributed by atoms with van der Waals surface area (Å²) < 4.78 is 42.2. The number of nitrogens with zero attached hydrogens (tertiary/aromatic N) is 2. The summed E-state index contributed by atoms with van der Waals surface area (Å²) in [6.07, 6.45) is -4.83. The second-order valence-corrected chi connectivity index (χ2v) is 6.87. The molecule has 1 heterocycles. The molecule has 0 radical (unpaired) electrons. The van der Waals surface area contributed by atoms with E-state index in [0.717, 1.165) is 19.8 Å². The molecule has 1 unspecified atom stereocenters. The molecular weight excluding hydrogens is 337 g/mol. The van der Waals surface area contributed by atoms with Crippen molar-refractivity contribution in [1.82, 2.24) is 4.98 Å². The maximum atomic E-state index is 12.5. The van der Waals surface area contributed by atoms with Gasteiger partial charge in [0.15, 0.2) is 11.8 Å². The van der Waals surface area contributed by atoms with Gasteiger partial charge in [0.05, 0.1) is 0 Å². The summed E-state index contributed by atoms with van der Waals surface area (Å²) >= 11 is 0. The van der Waals surface area contributed by atoms with Gasteiger partial charge in [0.2, 0.25) is 5.88 Å². The van der Waals surface area contributed by atoms with E-state index in [4.69, 9.17) is 9.84 Å². The van der Waals surface area contributed by atoms with Crippen molar-refractivity contribution in [3.05, 3.63) is 28.7 Å². The Balaban J connectivity index is 0.000000450. The fourth-order valence-electron chi connectivity index (χ4n) is 1.60. The number of carboxylic acid groups (broad SMARTS) is 1. The zero-order chi connectivity index (χ0) is 19.4. The van der Waals surface area contributed by atoms with Crippen LogP contribution in [0.2, 0.25) is 0 Å². The first kappa shape index (κ1) is 21.2. The molecule has 1 aliphatic carbocycles. The highest BCUT2D eigenvalue weighted by molar-refractivity contribution is 5.85. The molecule has 1 aliphatic rings. The normalized spacial score (nSPS) is 15.8. The largest absolute Gasteiger partial charge is 0.660 e. The lowest BCUT2D eigenvalue weighted by molar-refractivity contribution is -0.190. The van der Waals surface area contributed by atoms with E-state index in [1.165, 1.54) is 12.1 Å². The number of alkyl halides is 3. The minimum absolute atomic E-state index is 0.116. The topological polar surface area (TPSA) is 73.5 Å². The van der Waals surface area contributed by atoms with E-state index < -0.39 is 18.2 Å². The SMILES string of the molecule is CC(Oc1nc(C(=O)O)ccc1C1CC1)C(F)(F)F.C[N-]C(C)(C)C. The number of hydrogen-bond donors (Lipinski definition) is 1. The van der Waals surface area contributed by atoms with Gasteiger partial charge in [0.25, 0.3) is 0 Å². The molecule has 142 valence electrons. The minimum atomic E-state index is -4.51. The van der Waals surface area contributed by atoms with Crippen molar-refractivity contribution in [3.63, 3.8) is 0 Å². The first-order chi connectivity index (χ1) is 11.3. The van der Waals surface area contributed by atoms with E-state index in [9.17, 15) is 18.0 Å². The van der Waals surface area contributed by atoms with Crippen LogP contribution in [0.5, 0.6) is 5.88 Å². The minimum Gasteiger partial charge on any atom is -0.660 e. The highest BCUT2D eigenvalue weighted by Crippen LogP contribution is 2.44. The fraction of sp³-hybridized carbons (Fsp3) is 0.647. The molecule has 0 amide bonds. The smallest absolute Gasteiger partial charge is 0.425 e. The summed E-state index contributed by atoms with van der Waals surface area (Å²) in [7, 11) is 1.83. The number of carbonyl (C=O) groups is 1. The third-order valence-electron chi connectivity index (χ3n) is 3.55. The van der Waals surface area contributed by atoms with E-state index in [-0.39, 0.29) is 23.0 Å². The number of aromatic carboxylic acids is 1. The molecule has 0 aromatic carbocycles. The molecule has 1 aromatic heterocycles. The van der Waals surface area contributed by atoms with Crippen LogP contribution in [0.15, 0.2) is 12.1 Å².